The summed E-state index contributed by atoms with van der Waals surface area (Å²) in [5, 5.41) is 0. The number of rotatable bonds is 5. The van der Waals surface area contributed by atoms with Crippen molar-refractivity contribution in [2.45, 2.75) is 11.8 Å². The highest BCUT2D eigenvalue weighted by molar-refractivity contribution is 9.10. The summed E-state index contributed by atoms with van der Waals surface area (Å²) in [5.41, 5.74) is 0.914. The molecule has 0 aromatic heterocycles. The molecule has 0 spiro atoms. The fraction of sp³-hybridized carbons (Fsp3) is 0.571. The summed E-state index contributed by atoms with van der Waals surface area (Å²) in [6, 6.07) is 5.11. The van der Waals surface area contributed by atoms with Gasteiger partial charge in [-0.25, -0.2) is 8.42 Å². The van der Waals surface area contributed by atoms with Crippen molar-refractivity contribution in [3.63, 3.8) is 0 Å². The first-order valence-corrected chi connectivity index (χ1v) is 9.17. The van der Waals surface area contributed by atoms with Gasteiger partial charge in [-0.15, -0.1) is 0 Å². The molecule has 1 heterocycles. The number of hydrogen-bond acceptors (Lipinski definition) is 4. The third-order valence-electron chi connectivity index (χ3n) is 3.67. The molecule has 1 saturated heterocycles. The number of nitrogens with zero attached hydrogens (tertiary/aromatic N) is 2. The molecule has 21 heavy (non-hydrogen) atoms. The Balaban J connectivity index is 2.02. The van der Waals surface area contributed by atoms with Crippen LogP contribution < -0.4 is 0 Å². The Bertz CT molecular complexity index is 586. The predicted molar refractivity (Wildman–Crippen MR) is 86.0 cm³/mol. The van der Waals surface area contributed by atoms with Crippen molar-refractivity contribution >= 4 is 26.0 Å². The molecule has 5 nitrogen and oxygen atoms in total. The molecule has 0 bridgehead atoms. The van der Waals surface area contributed by atoms with Gasteiger partial charge in [0.25, 0.3) is 0 Å². The first kappa shape index (κ1) is 16.9. The summed E-state index contributed by atoms with van der Waals surface area (Å²) in [6.07, 6.45) is 0. The van der Waals surface area contributed by atoms with Gasteiger partial charge in [-0.2, -0.15) is 4.31 Å². The molecule has 1 fully saturated rings. The number of ether oxygens (including phenoxy) is 1. The Morgan fingerprint density at radius 3 is 2.62 bits per heavy atom. The molecular weight excluding hydrogens is 356 g/mol. The molecule has 1 aliphatic heterocycles. The quantitative estimate of drug-likeness (QED) is 0.784. The van der Waals surface area contributed by atoms with Gasteiger partial charge in [-0.1, -0.05) is 15.9 Å². The normalized spacial score (nSPS) is 17.3. The molecule has 0 unspecified atom stereocenters. The van der Waals surface area contributed by atoms with Gasteiger partial charge in [0.05, 0.1) is 18.1 Å². The Morgan fingerprint density at radius 1 is 1.33 bits per heavy atom. The summed E-state index contributed by atoms with van der Waals surface area (Å²) < 4.78 is 32.7. The van der Waals surface area contributed by atoms with Gasteiger partial charge in [-0.3, -0.25) is 4.90 Å². The van der Waals surface area contributed by atoms with Crippen LogP contribution in [0.2, 0.25) is 0 Å². The zero-order valence-electron chi connectivity index (χ0n) is 12.4. The van der Waals surface area contributed by atoms with E-state index >= 15 is 0 Å². The van der Waals surface area contributed by atoms with Crippen LogP contribution in [-0.4, -0.2) is 64.1 Å². The highest BCUT2D eigenvalue weighted by atomic mass is 79.9. The van der Waals surface area contributed by atoms with Crippen LogP contribution in [0.15, 0.2) is 27.6 Å². The van der Waals surface area contributed by atoms with E-state index in [1.54, 1.807) is 25.2 Å². The molecule has 0 saturated carbocycles. The Labute approximate surface area is 135 Å². The molecule has 0 amide bonds. The predicted octanol–water partition coefficient (Wildman–Crippen LogP) is 1.71. The van der Waals surface area contributed by atoms with Crippen LogP contribution in [0.4, 0.5) is 0 Å². The summed E-state index contributed by atoms with van der Waals surface area (Å²) in [5.74, 6) is 0. The van der Waals surface area contributed by atoms with Crippen molar-refractivity contribution in [2.24, 2.45) is 0 Å². The maximum absolute atomic E-state index is 12.5. The summed E-state index contributed by atoms with van der Waals surface area (Å²) in [6.45, 7) is 6.28. The third-order valence-corrected chi connectivity index (χ3v) is 6.42. The van der Waals surface area contributed by atoms with E-state index in [9.17, 15) is 8.42 Å². The van der Waals surface area contributed by atoms with Gasteiger partial charge < -0.3 is 4.74 Å². The van der Waals surface area contributed by atoms with E-state index in [4.69, 9.17) is 4.74 Å². The minimum atomic E-state index is -3.42. The van der Waals surface area contributed by atoms with E-state index < -0.39 is 10.0 Å². The van der Waals surface area contributed by atoms with E-state index in [0.717, 1.165) is 42.9 Å². The zero-order chi connectivity index (χ0) is 15.5. The monoisotopic (exact) mass is 376 g/mol. The molecule has 1 aliphatic rings. The highest BCUT2D eigenvalue weighted by Crippen LogP contribution is 2.22. The third kappa shape index (κ3) is 4.26. The number of hydrogen-bond donors (Lipinski definition) is 0. The minimum Gasteiger partial charge on any atom is -0.379 e. The second kappa shape index (κ2) is 7.19. The Morgan fingerprint density at radius 2 is 2.00 bits per heavy atom. The standard InChI is InChI=1S/C14H21BrN2O3S/c1-12-11-13(3-4-14(12)15)21(18,19)16(2)5-6-17-7-9-20-10-8-17/h3-4,11H,5-10H2,1-2H3. The molecule has 0 atom stereocenters. The lowest BCUT2D eigenvalue weighted by Crippen LogP contribution is -2.41. The number of halogens is 1. The van der Waals surface area contributed by atoms with Gasteiger partial charge in [0.1, 0.15) is 0 Å². The molecular formula is C14H21BrN2O3S. The summed E-state index contributed by atoms with van der Waals surface area (Å²) >= 11 is 3.39. The average molecular weight is 377 g/mol. The van der Waals surface area contributed by atoms with Gasteiger partial charge in [-0.05, 0) is 30.7 Å². The molecule has 118 valence electrons. The number of aryl methyl sites for hydroxylation is 1. The minimum absolute atomic E-state index is 0.340. The Hall–Kier alpha value is -0.470. The fourth-order valence-corrected chi connectivity index (χ4v) is 3.68. The molecule has 1 aromatic rings. The number of benzene rings is 1. The zero-order valence-corrected chi connectivity index (χ0v) is 14.8. The van der Waals surface area contributed by atoms with Crippen LogP contribution in [0.1, 0.15) is 5.56 Å². The van der Waals surface area contributed by atoms with Crippen molar-refractivity contribution < 1.29 is 13.2 Å². The molecule has 0 N–H and O–H groups in total. The lowest BCUT2D eigenvalue weighted by atomic mass is 10.2. The van der Waals surface area contributed by atoms with Crippen molar-refractivity contribution in [3.05, 3.63) is 28.2 Å². The van der Waals surface area contributed by atoms with Crippen molar-refractivity contribution in [1.82, 2.24) is 9.21 Å². The lowest BCUT2D eigenvalue weighted by molar-refractivity contribution is 0.0368. The second-order valence-electron chi connectivity index (χ2n) is 5.19. The van der Waals surface area contributed by atoms with Crippen LogP contribution >= 0.6 is 15.9 Å². The van der Waals surface area contributed by atoms with E-state index in [2.05, 4.69) is 20.8 Å². The number of morpholine rings is 1. The van der Waals surface area contributed by atoms with Gasteiger partial charge >= 0.3 is 0 Å². The largest absolute Gasteiger partial charge is 0.379 e. The molecule has 7 heteroatoms. The molecule has 0 aliphatic carbocycles. The van der Waals surface area contributed by atoms with Crippen molar-refractivity contribution in [2.75, 3.05) is 46.4 Å². The molecule has 0 radical (unpaired) electrons. The van der Waals surface area contributed by atoms with E-state index in [1.807, 2.05) is 6.92 Å². The lowest BCUT2D eigenvalue weighted by Gasteiger charge is -2.28. The first-order chi connectivity index (χ1) is 9.91. The maximum Gasteiger partial charge on any atom is 0.242 e. The molecule has 2 rings (SSSR count). The van der Waals surface area contributed by atoms with Crippen LogP contribution in [-0.2, 0) is 14.8 Å². The first-order valence-electron chi connectivity index (χ1n) is 6.94. The van der Waals surface area contributed by atoms with E-state index in [-0.39, 0.29) is 0 Å². The highest BCUT2D eigenvalue weighted by Gasteiger charge is 2.22. The maximum atomic E-state index is 12.5. The summed E-state index contributed by atoms with van der Waals surface area (Å²) in [7, 11) is -1.79. The number of sulfonamides is 1. The SMILES string of the molecule is Cc1cc(S(=O)(=O)N(C)CCN2CCOCC2)ccc1Br. The Kier molecular flexibility index (Phi) is 5.79. The number of likely N-dealkylation sites (N-methyl/N-ethyl adjacent to an activating group) is 1. The van der Waals surface area contributed by atoms with E-state index in [0.29, 0.717) is 11.4 Å². The van der Waals surface area contributed by atoms with Crippen LogP contribution in [0.3, 0.4) is 0 Å². The smallest absolute Gasteiger partial charge is 0.242 e. The topological polar surface area (TPSA) is 49.9 Å². The van der Waals surface area contributed by atoms with Crippen LogP contribution in [0.5, 0.6) is 0 Å². The van der Waals surface area contributed by atoms with Gasteiger partial charge in [0.15, 0.2) is 0 Å². The van der Waals surface area contributed by atoms with Crippen molar-refractivity contribution in [1.29, 1.82) is 0 Å². The van der Waals surface area contributed by atoms with Crippen LogP contribution in [0, 0.1) is 6.92 Å². The summed E-state index contributed by atoms with van der Waals surface area (Å²) in [4.78, 5) is 2.56. The van der Waals surface area contributed by atoms with Crippen molar-refractivity contribution in [3.8, 4) is 0 Å². The second-order valence-corrected chi connectivity index (χ2v) is 8.09. The van der Waals surface area contributed by atoms with Gasteiger partial charge in [0, 0.05) is 37.7 Å². The fourth-order valence-electron chi connectivity index (χ4n) is 2.18. The average Bonchev–Trinajstić information content (AvgIpc) is 2.48. The molecule has 1 aromatic carbocycles. The van der Waals surface area contributed by atoms with Crippen LogP contribution in [0.25, 0.3) is 0 Å². The van der Waals surface area contributed by atoms with E-state index in [1.165, 1.54) is 4.31 Å². The van der Waals surface area contributed by atoms with Gasteiger partial charge in [0.2, 0.25) is 10.0 Å².